The lowest BCUT2D eigenvalue weighted by molar-refractivity contribution is 1.34. The molecule has 0 amide bonds. The molecule has 0 saturated carbocycles. The van der Waals surface area contributed by atoms with Crippen molar-refractivity contribution >= 4 is 22.5 Å². The summed E-state index contributed by atoms with van der Waals surface area (Å²) in [6.07, 6.45) is 0. The van der Waals surface area contributed by atoms with Crippen molar-refractivity contribution in [2.45, 2.75) is 0 Å². The second-order valence-corrected chi connectivity index (χ2v) is 3.60. The highest BCUT2D eigenvalue weighted by Crippen LogP contribution is 2.08. The Labute approximate surface area is 99.6 Å². The Bertz CT molecular complexity index is 466. The minimum atomic E-state index is 0.449. The topological polar surface area (TPSA) is 24.4 Å². The third-order valence-corrected chi connectivity index (χ3v) is 2.37. The fourth-order valence-corrected chi connectivity index (χ4v) is 1.43. The van der Waals surface area contributed by atoms with Gasteiger partial charge in [-0.3, -0.25) is 5.43 Å². The van der Waals surface area contributed by atoms with E-state index in [2.05, 4.69) is 10.5 Å². The van der Waals surface area contributed by atoms with E-state index in [1.165, 1.54) is 0 Å². The number of hydrogen-bond acceptors (Lipinski definition) is 2. The molecule has 0 radical (unpaired) electrons. The Balaban J connectivity index is 2.09. The van der Waals surface area contributed by atoms with E-state index in [4.69, 9.17) is 11.6 Å². The number of rotatable bonds is 3. The van der Waals surface area contributed by atoms with Gasteiger partial charge in [0.1, 0.15) is 0 Å². The molecule has 3 heteroatoms. The van der Waals surface area contributed by atoms with E-state index in [1.807, 2.05) is 60.7 Å². The van der Waals surface area contributed by atoms with Gasteiger partial charge >= 0.3 is 0 Å². The van der Waals surface area contributed by atoms with Crippen molar-refractivity contribution in [1.29, 1.82) is 0 Å². The largest absolute Gasteiger partial charge is 0.277 e. The molecule has 2 aromatic carbocycles. The quantitative estimate of drug-likeness (QED) is 0.631. The summed E-state index contributed by atoms with van der Waals surface area (Å²) in [5, 5.41) is 4.55. The van der Waals surface area contributed by atoms with Gasteiger partial charge in [0.05, 0.1) is 5.69 Å². The van der Waals surface area contributed by atoms with Gasteiger partial charge in [-0.25, -0.2) is 0 Å². The van der Waals surface area contributed by atoms with Crippen LogP contribution in [0.5, 0.6) is 0 Å². The highest BCUT2D eigenvalue weighted by atomic mass is 35.5. The van der Waals surface area contributed by atoms with Crippen LogP contribution in [0.2, 0.25) is 0 Å². The van der Waals surface area contributed by atoms with Crippen LogP contribution >= 0.6 is 11.6 Å². The summed E-state index contributed by atoms with van der Waals surface area (Å²) < 4.78 is 0. The van der Waals surface area contributed by atoms with Gasteiger partial charge in [-0.15, -0.1) is 0 Å². The standard InChI is InChI=1S/C13H11ClN2/c14-13(11-7-3-1-4-8-11)16-15-12-9-5-2-6-10-12/h1-10,15H. The summed E-state index contributed by atoms with van der Waals surface area (Å²) in [7, 11) is 0. The maximum absolute atomic E-state index is 6.04. The monoisotopic (exact) mass is 230 g/mol. The molecule has 2 nitrogen and oxygen atoms in total. The molecule has 0 aliphatic carbocycles. The summed E-state index contributed by atoms with van der Waals surface area (Å²) >= 11 is 6.04. The lowest BCUT2D eigenvalue weighted by Gasteiger charge is -2.01. The molecule has 0 atom stereocenters. The van der Waals surface area contributed by atoms with E-state index in [9.17, 15) is 0 Å². The Morgan fingerprint density at radius 3 is 2.06 bits per heavy atom. The van der Waals surface area contributed by atoms with Crippen molar-refractivity contribution in [3.63, 3.8) is 0 Å². The predicted octanol–water partition coefficient (Wildman–Crippen LogP) is 3.70. The van der Waals surface area contributed by atoms with Gasteiger partial charge in [0.2, 0.25) is 0 Å². The molecule has 0 bridgehead atoms. The van der Waals surface area contributed by atoms with Gasteiger partial charge in [0.25, 0.3) is 0 Å². The van der Waals surface area contributed by atoms with Crippen molar-refractivity contribution in [1.82, 2.24) is 0 Å². The van der Waals surface area contributed by atoms with Gasteiger partial charge in [-0.2, -0.15) is 5.10 Å². The van der Waals surface area contributed by atoms with Crippen LogP contribution in [0.4, 0.5) is 5.69 Å². The van der Waals surface area contributed by atoms with E-state index in [0.29, 0.717) is 5.17 Å². The number of hydrogen-bond donors (Lipinski definition) is 1. The molecule has 80 valence electrons. The average molecular weight is 231 g/mol. The maximum Gasteiger partial charge on any atom is 0.156 e. The SMILES string of the molecule is ClC(=NNc1ccccc1)c1ccccc1. The number of nitrogens with one attached hydrogen (secondary N) is 1. The van der Waals surface area contributed by atoms with Crippen LogP contribution in [0.1, 0.15) is 5.56 Å². The highest BCUT2D eigenvalue weighted by Gasteiger charge is 1.97. The molecule has 1 N–H and O–H groups in total. The van der Waals surface area contributed by atoms with Crippen molar-refractivity contribution < 1.29 is 0 Å². The molecule has 2 rings (SSSR count). The number of hydrazone groups is 1. The van der Waals surface area contributed by atoms with Crippen molar-refractivity contribution in [2.24, 2.45) is 5.10 Å². The van der Waals surface area contributed by atoms with Crippen LogP contribution < -0.4 is 5.43 Å². The van der Waals surface area contributed by atoms with E-state index >= 15 is 0 Å². The number of para-hydroxylation sites is 1. The first-order chi connectivity index (χ1) is 7.86. The molecule has 0 aliphatic rings. The first-order valence-electron chi connectivity index (χ1n) is 4.96. The zero-order chi connectivity index (χ0) is 11.2. The normalized spacial score (nSPS) is 11.2. The summed E-state index contributed by atoms with van der Waals surface area (Å²) in [4.78, 5) is 0. The van der Waals surface area contributed by atoms with Gasteiger partial charge < -0.3 is 0 Å². The lowest BCUT2D eigenvalue weighted by Crippen LogP contribution is -1.96. The molecule has 0 unspecified atom stereocenters. The van der Waals surface area contributed by atoms with Crippen LogP contribution in [-0.4, -0.2) is 5.17 Å². The van der Waals surface area contributed by atoms with Gasteiger partial charge in [0.15, 0.2) is 5.17 Å². The lowest BCUT2D eigenvalue weighted by atomic mass is 10.2. The molecule has 0 heterocycles. The predicted molar refractivity (Wildman–Crippen MR) is 68.9 cm³/mol. The fourth-order valence-electron chi connectivity index (χ4n) is 1.27. The fraction of sp³-hybridized carbons (Fsp3) is 0. The molecule has 0 saturated heterocycles. The van der Waals surface area contributed by atoms with Crippen molar-refractivity contribution in [3.05, 3.63) is 66.2 Å². The molecule has 0 spiro atoms. The third-order valence-electron chi connectivity index (χ3n) is 2.07. The van der Waals surface area contributed by atoms with E-state index in [-0.39, 0.29) is 0 Å². The average Bonchev–Trinajstić information content (AvgIpc) is 2.38. The van der Waals surface area contributed by atoms with Crippen LogP contribution in [0.15, 0.2) is 65.8 Å². The van der Waals surface area contributed by atoms with Gasteiger partial charge in [-0.05, 0) is 12.1 Å². The van der Waals surface area contributed by atoms with Gasteiger partial charge in [-0.1, -0.05) is 60.1 Å². The molecular formula is C13H11ClN2. The molecule has 2 aromatic rings. The van der Waals surface area contributed by atoms with Crippen molar-refractivity contribution in [2.75, 3.05) is 5.43 Å². The molecule has 0 aromatic heterocycles. The smallest absolute Gasteiger partial charge is 0.156 e. The zero-order valence-electron chi connectivity index (χ0n) is 8.60. The molecule has 16 heavy (non-hydrogen) atoms. The summed E-state index contributed by atoms with van der Waals surface area (Å²) in [6, 6.07) is 19.3. The van der Waals surface area contributed by atoms with E-state index in [1.54, 1.807) is 0 Å². The minimum absolute atomic E-state index is 0.449. The highest BCUT2D eigenvalue weighted by molar-refractivity contribution is 6.69. The maximum atomic E-state index is 6.04. The summed E-state index contributed by atoms with van der Waals surface area (Å²) in [5.74, 6) is 0. The van der Waals surface area contributed by atoms with Crippen LogP contribution in [0.25, 0.3) is 0 Å². The minimum Gasteiger partial charge on any atom is -0.277 e. The van der Waals surface area contributed by atoms with E-state index < -0.39 is 0 Å². The van der Waals surface area contributed by atoms with Crippen molar-refractivity contribution in [3.8, 4) is 0 Å². The summed E-state index contributed by atoms with van der Waals surface area (Å²) in [5.41, 5.74) is 4.71. The summed E-state index contributed by atoms with van der Waals surface area (Å²) in [6.45, 7) is 0. The molecule has 0 aliphatic heterocycles. The Morgan fingerprint density at radius 2 is 1.44 bits per heavy atom. The number of benzene rings is 2. The van der Waals surface area contributed by atoms with Crippen LogP contribution in [0, 0.1) is 0 Å². The second-order valence-electron chi connectivity index (χ2n) is 3.25. The Kier molecular flexibility index (Phi) is 3.57. The number of anilines is 1. The first-order valence-corrected chi connectivity index (χ1v) is 5.34. The van der Waals surface area contributed by atoms with Gasteiger partial charge in [0, 0.05) is 5.56 Å². The Morgan fingerprint density at radius 1 is 0.875 bits per heavy atom. The second kappa shape index (κ2) is 5.33. The number of nitrogens with zero attached hydrogens (tertiary/aromatic N) is 1. The number of halogens is 1. The third kappa shape index (κ3) is 2.84. The first kappa shape index (κ1) is 10.7. The van der Waals surface area contributed by atoms with E-state index in [0.717, 1.165) is 11.3 Å². The zero-order valence-corrected chi connectivity index (χ0v) is 9.35. The molecule has 0 fully saturated rings. The molecular weight excluding hydrogens is 220 g/mol. The van der Waals surface area contributed by atoms with Crippen LogP contribution in [-0.2, 0) is 0 Å². The Hall–Kier alpha value is -1.80. The van der Waals surface area contributed by atoms with Crippen LogP contribution in [0.3, 0.4) is 0 Å².